The van der Waals surface area contributed by atoms with E-state index in [1.165, 1.54) is 23.9 Å². The number of carbonyl (C=O) groups excluding carboxylic acids is 2. The van der Waals surface area contributed by atoms with Crippen LogP contribution in [0.2, 0.25) is 0 Å². The van der Waals surface area contributed by atoms with Crippen LogP contribution in [0.25, 0.3) is 6.08 Å². The summed E-state index contributed by atoms with van der Waals surface area (Å²) in [5.41, 5.74) is 3.62. The van der Waals surface area contributed by atoms with E-state index in [-0.39, 0.29) is 11.7 Å². The van der Waals surface area contributed by atoms with Gasteiger partial charge in [-0.3, -0.25) is 14.6 Å². The van der Waals surface area contributed by atoms with Gasteiger partial charge < -0.3 is 4.74 Å². The number of thioether (sulfide) groups is 1. The van der Waals surface area contributed by atoms with E-state index in [0.717, 1.165) is 37.1 Å². The molecule has 10 heteroatoms. The first-order chi connectivity index (χ1) is 13.6. The second kappa shape index (κ2) is 8.29. The standard InChI is InChI=1S/C18H19FN4O4S/c19-13-5-4-12(14(11-13)27-18(25)23-8-3-9-26-23)10-15-16(24)21-17(28-15)22-7-2-1-6-20-22/h4-5,10-11,20H,1-3,6-9H2. The maximum Gasteiger partial charge on any atom is 0.439 e. The van der Waals surface area contributed by atoms with Gasteiger partial charge in [-0.15, -0.1) is 0 Å². The van der Waals surface area contributed by atoms with Crippen molar-refractivity contribution in [1.29, 1.82) is 0 Å². The van der Waals surface area contributed by atoms with Gasteiger partial charge in [-0.1, -0.05) is 0 Å². The van der Waals surface area contributed by atoms with E-state index in [4.69, 9.17) is 9.57 Å². The molecule has 28 heavy (non-hydrogen) atoms. The second-order valence-electron chi connectivity index (χ2n) is 6.42. The molecule has 0 unspecified atom stereocenters. The van der Waals surface area contributed by atoms with Gasteiger partial charge in [-0.05, 0) is 49.2 Å². The minimum Gasteiger partial charge on any atom is -0.408 e. The summed E-state index contributed by atoms with van der Waals surface area (Å²) in [6.07, 6.45) is 3.65. The molecule has 0 aliphatic carbocycles. The number of halogens is 1. The summed E-state index contributed by atoms with van der Waals surface area (Å²) in [5, 5.41) is 3.55. The molecule has 2 amide bonds. The summed E-state index contributed by atoms with van der Waals surface area (Å²) in [4.78, 5) is 34.1. The van der Waals surface area contributed by atoms with Crippen molar-refractivity contribution in [3.63, 3.8) is 0 Å². The van der Waals surface area contributed by atoms with Crippen molar-refractivity contribution in [3.05, 3.63) is 34.5 Å². The Hall–Kier alpha value is -2.43. The Bertz CT molecular complexity index is 848. The third-order valence-corrected chi connectivity index (χ3v) is 5.37. The van der Waals surface area contributed by atoms with Crippen LogP contribution in [0.5, 0.6) is 5.75 Å². The summed E-state index contributed by atoms with van der Waals surface area (Å²) in [5.74, 6) is -0.907. The molecule has 1 aromatic carbocycles. The highest BCUT2D eigenvalue weighted by Gasteiger charge is 2.28. The minimum atomic E-state index is -0.720. The Labute approximate surface area is 165 Å². The number of hydrogen-bond donors (Lipinski definition) is 1. The van der Waals surface area contributed by atoms with E-state index in [1.54, 1.807) is 6.08 Å². The number of nitrogens with zero attached hydrogens (tertiary/aromatic N) is 3. The maximum absolute atomic E-state index is 13.7. The van der Waals surface area contributed by atoms with Crippen LogP contribution in [0.3, 0.4) is 0 Å². The highest BCUT2D eigenvalue weighted by molar-refractivity contribution is 8.18. The third kappa shape index (κ3) is 4.18. The highest BCUT2D eigenvalue weighted by atomic mass is 32.2. The molecule has 148 valence electrons. The van der Waals surface area contributed by atoms with Crippen LogP contribution in [0, 0.1) is 5.82 Å². The van der Waals surface area contributed by atoms with Crippen molar-refractivity contribution in [2.24, 2.45) is 4.99 Å². The van der Waals surface area contributed by atoms with Crippen LogP contribution in [-0.4, -0.2) is 53.5 Å². The lowest BCUT2D eigenvalue weighted by Crippen LogP contribution is -2.45. The van der Waals surface area contributed by atoms with E-state index >= 15 is 0 Å². The molecule has 4 rings (SSSR count). The maximum atomic E-state index is 13.7. The van der Waals surface area contributed by atoms with Crippen LogP contribution < -0.4 is 10.2 Å². The molecule has 1 N–H and O–H groups in total. The van der Waals surface area contributed by atoms with Gasteiger partial charge in [0.2, 0.25) is 0 Å². The van der Waals surface area contributed by atoms with Gasteiger partial charge in [0.05, 0.1) is 18.1 Å². The van der Waals surface area contributed by atoms with Gasteiger partial charge in [0.1, 0.15) is 11.6 Å². The molecule has 3 aliphatic rings. The third-order valence-electron chi connectivity index (χ3n) is 4.37. The molecule has 0 bridgehead atoms. The first-order valence-electron chi connectivity index (χ1n) is 9.05. The number of amides is 2. The molecule has 0 aromatic heterocycles. The summed E-state index contributed by atoms with van der Waals surface area (Å²) in [7, 11) is 0. The van der Waals surface area contributed by atoms with E-state index in [0.29, 0.717) is 35.2 Å². The number of rotatable bonds is 2. The molecule has 0 radical (unpaired) electrons. The lowest BCUT2D eigenvalue weighted by Gasteiger charge is -2.28. The number of benzene rings is 1. The summed E-state index contributed by atoms with van der Waals surface area (Å²) in [6, 6.07) is 3.81. The molecule has 1 aromatic rings. The molecule has 0 saturated carbocycles. The number of aliphatic imine (C=N–C) groups is 1. The summed E-state index contributed by atoms with van der Waals surface area (Å²) >= 11 is 1.23. The average Bonchev–Trinajstić information content (AvgIpc) is 3.35. The number of hydrazine groups is 1. The monoisotopic (exact) mass is 406 g/mol. The fourth-order valence-corrected chi connectivity index (χ4v) is 3.87. The SMILES string of the molecule is O=C1N=C(N2CCCCN2)SC1=Cc1ccc(F)cc1OC(=O)N1CCCO1. The molecular weight excluding hydrogens is 387 g/mol. The van der Waals surface area contributed by atoms with E-state index in [9.17, 15) is 14.0 Å². The Morgan fingerprint density at radius 1 is 1.32 bits per heavy atom. The Morgan fingerprint density at radius 2 is 2.21 bits per heavy atom. The van der Waals surface area contributed by atoms with Crippen molar-refractivity contribution in [3.8, 4) is 5.75 Å². The minimum absolute atomic E-state index is 0.0194. The Balaban J connectivity index is 1.52. The average molecular weight is 406 g/mol. The Kier molecular flexibility index (Phi) is 5.60. The smallest absolute Gasteiger partial charge is 0.408 e. The quantitative estimate of drug-likeness (QED) is 0.756. The van der Waals surface area contributed by atoms with Crippen molar-refractivity contribution in [2.75, 3.05) is 26.2 Å². The molecule has 8 nitrogen and oxygen atoms in total. The van der Waals surface area contributed by atoms with Crippen LogP contribution in [0.15, 0.2) is 28.1 Å². The van der Waals surface area contributed by atoms with E-state index in [2.05, 4.69) is 10.4 Å². The molecule has 3 heterocycles. The fourth-order valence-electron chi connectivity index (χ4n) is 2.96. The topological polar surface area (TPSA) is 83.5 Å². The summed E-state index contributed by atoms with van der Waals surface area (Å²) in [6.45, 7) is 2.47. The largest absolute Gasteiger partial charge is 0.439 e. The van der Waals surface area contributed by atoms with Crippen LogP contribution in [-0.2, 0) is 9.63 Å². The van der Waals surface area contributed by atoms with Crippen LogP contribution in [0.1, 0.15) is 24.8 Å². The number of ether oxygens (including phenoxy) is 1. The molecule has 0 atom stereocenters. The van der Waals surface area contributed by atoms with Crippen molar-refractivity contribution in [1.82, 2.24) is 15.5 Å². The zero-order chi connectivity index (χ0) is 19.5. The van der Waals surface area contributed by atoms with Gasteiger partial charge >= 0.3 is 6.09 Å². The first-order valence-corrected chi connectivity index (χ1v) is 9.87. The lowest BCUT2D eigenvalue weighted by atomic mass is 10.2. The van der Waals surface area contributed by atoms with Crippen molar-refractivity contribution < 1.29 is 23.6 Å². The Morgan fingerprint density at radius 3 is 2.96 bits per heavy atom. The number of amidine groups is 1. The second-order valence-corrected chi connectivity index (χ2v) is 7.43. The van der Waals surface area contributed by atoms with Gasteiger partial charge in [0.25, 0.3) is 5.91 Å². The number of nitrogens with one attached hydrogen (secondary N) is 1. The number of hydroxylamine groups is 2. The van der Waals surface area contributed by atoms with Crippen molar-refractivity contribution >= 4 is 35.0 Å². The fraction of sp³-hybridized carbons (Fsp3) is 0.389. The van der Waals surface area contributed by atoms with E-state index in [1.807, 2.05) is 5.01 Å². The van der Waals surface area contributed by atoms with Gasteiger partial charge in [0, 0.05) is 24.7 Å². The van der Waals surface area contributed by atoms with Gasteiger partial charge in [0.15, 0.2) is 5.17 Å². The first kappa shape index (κ1) is 18.9. The molecule has 0 spiro atoms. The van der Waals surface area contributed by atoms with Crippen LogP contribution in [0.4, 0.5) is 9.18 Å². The summed E-state index contributed by atoms with van der Waals surface area (Å²) < 4.78 is 19.0. The van der Waals surface area contributed by atoms with Gasteiger partial charge in [-0.25, -0.2) is 14.6 Å². The normalized spacial score (nSPS) is 21.4. The highest BCUT2D eigenvalue weighted by Crippen LogP contribution is 2.33. The van der Waals surface area contributed by atoms with Gasteiger partial charge in [-0.2, -0.15) is 10.1 Å². The molecule has 2 saturated heterocycles. The predicted molar refractivity (Wildman–Crippen MR) is 102 cm³/mol. The zero-order valence-electron chi connectivity index (χ0n) is 15.0. The molecular formula is C18H19FN4O4S. The van der Waals surface area contributed by atoms with Crippen molar-refractivity contribution in [2.45, 2.75) is 19.3 Å². The lowest BCUT2D eigenvalue weighted by molar-refractivity contribution is -0.113. The molecule has 2 fully saturated rings. The predicted octanol–water partition coefficient (Wildman–Crippen LogP) is 2.53. The molecule has 3 aliphatic heterocycles. The number of hydrogen-bond acceptors (Lipinski definition) is 7. The zero-order valence-corrected chi connectivity index (χ0v) is 15.8. The van der Waals surface area contributed by atoms with Crippen LogP contribution >= 0.6 is 11.8 Å². The van der Waals surface area contributed by atoms with E-state index < -0.39 is 11.9 Å². The number of carbonyl (C=O) groups is 2.